The quantitative estimate of drug-likeness (QED) is 0.648. The number of carbonyl (C=O) groups is 1. The SMILES string of the molecule is CCn1cc(-c2nnc(SCC(=O)Nc3nccs3)n2CC)cn1. The van der Waals surface area contributed by atoms with Gasteiger partial charge in [-0.3, -0.25) is 9.48 Å². The van der Waals surface area contributed by atoms with Crippen molar-refractivity contribution in [1.82, 2.24) is 29.5 Å². The number of carbonyl (C=O) groups excluding carboxylic acids is 1. The molecule has 0 unspecified atom stereocenters. The Morgan fingerprint density at radius 1 is 1.33 bits per heavy atom. The van der Waals surface area contributed by atoms with Gasteiger partial charge < -0.3 is 9.88 Å². The van der Waals surface area contributed by atoms with Crippen LogP contribution in [-0.4, -0.2) is 41.2 Å². The normalized spacial score (nSPS) is 10.9. The Bertz CT molecular complexity index is 809. The fraction of sp³-hybridized carbons (Fsp3) is 0.357. The van der Waals surface area contributed by atoms with E-state index in [1.54, 1.807) is 12.4 Å². The first-order valence-corrected chi connectivity index (χ1v) is 9.36. The van der Waals surface area contributed by atoms with Crippen molar-refractivity contribution in [3.05, 3.63) is 24.0 Å². The van der Waals surface area contributed by atoms with Crippen molar-refractivity contribution in [2.75, 3.05) is 11.1 Å². The maximum Gasteiger partial charge on any atom is 0.236 e. The Hall–Kier alpha value is -2.20. The third kappa shape index (κ3) is 3.65. The standard InChI is InChI=1S/C14H17N7OS2/c1-3-20-8-10(7-16-20)12-18-19-14(21(12)4-2)24-9-11(22)17-13-15-5-6-23-13/h5-8H,3-4,9H2,1-2H3,(H,15,17,22). The molecule has 0 bridgehead atoms. The predicted molar refractivity (Wildman–Crippen MR) is 94.1 cm³/mol. The zero-order chi connectivity index (χ0) is 16.9. The van der Waals surface area contributed by atoms with Crippen LogP contribution in [0.4, 0.5) is 5.13 Å². The summed E-state index contributed by atoms with van der Waals surface area (Å²) in [5.74, 6) is 0.910. The largest absolute Gasteiger partial charge is 0.302 e. The van der Waals surface area contributed by atoms with Crippen LogP contribution in [0.25, 0.3) is 11.4 Å². The summed E-state index contributed by atoms with van der Waals surface area (Å²) in [4.78, 5) is 16.0. The highest BCUT2D eigenvalue weighted by Crippen LogP contribution is 2.24. The highest BCUT2D eigenvalue weighted by molar-refractivity contribution is 7.99. The van der Waals surface area contributed by atoms with Gasteiger partial charge in [0.25, 0.3) is 0 Å². The van der Waals surface area contributed by atoms with Crippen LogP contribution in [0.2, 0.25) is 0 Å². The molecule has 0 aliphatic rings. The van der Waals surface area contributed by atoms with Crippen molar-refractivity contribution in [3.8, 4) is 11.4 Å². The number of aryl methyl sites for hydroxylation is 1. The van der Waals surface area contributed by atoms with E-state index in [1.165, 1.54) is 23.1 Å². The molecule has 0 aromatic carbocycles. The van der Waals surface area contributed by atoms with Crippen molar-refractivity contribution >= 4 is 34.1 Å². The van der Waals surface area contributed by atoms with Crippen molar-refractivity contribution < 1.29 is 4.79 Å². The zero-order valence-corrected chi connectivity index (χ0v) is 15.0. The molecule has 8 nitrogen and oxygen atoms in total. The van der Waals surface area contributed by atoms with Crippen LogP contribution in [0, 0.1) is 0 Å². The van der Waals surface area contributed by atoms with E-state index >= 15 is 0 Å². The molecule has 24 heavy (non-hydrogen) atoms. The third-order valence-electron chi connectivity index (χ3n) is 3.26. The maximum atomic E-state index is 12.0. The first-order valence-electron chi connectivity index (χ1n) is 7.49. The van der Waals surface area contributed by atoms with E-state index in [-0.39, 0.29) is 11.7 Å². The highest BCUT2D eigenvalue weighted by Gasteiger charge is 2.16. The van der Waals surface area contributed by atoms with Gasteiger partial charge in [-0.05, 0) is 13.8 Å². The van der Waals surface area contributed by atoms with Gasteiger partial charge in [-0.25, -0.2) is 4.98 Å². The summed E-state index contributed by atoms with van der Waals surface area (Å²) in [5.41, 5.74) is 0.922. The topological polar surface area (TPSA) is 90.5 Å². The van der Waals surface area contributed by atoms with Crippen LogP contribution in [-0.2, 0) is 17.9 Å². The van der Waals surface area contributed by atoms with E-state index in [0.29, 0.717) is 10.3 Å². The lowest BCUT2D eigenvalue weighted by Gasteiger charge is -2.06. The molecule has 1 N–H and O–H groups in total. The minimum atomic E-state index is -0.110. The molecule has 0 aliphatic heterocycles. The van der Waals surface area contributed by atoms with E-state index in [2.05, 4.69) is 25.6 Å². The van der Waals surface area contributed by atoms with Crippen molar-refractivity contribution in [2.24, 2.45) is 0 Å². The molecule has 3 rings (SSSR count). The lowest BCUT2D eigenvalue weighted by Crippen LogP contribution is -2.14. The number of thiazole rings is 1. The second kappa shape index (κ2) is 7.58. The van der Waals surface area contributed by atoms with Crippen molar-refractivity contribution in [1.29, 1.82) is 0 Å². The molecular weight excluding hydrogens is 346 g/mol. The van der Waals surface area contributed by atoms with Crippen LogP contribution in [0.15, 0.2) is 29.1 Å². The van der Waals surface area contributed by atoms with Gasteiger partial charge in [0.2, 0.25) is 5.91 Å². The summed E-state index contributed by atoms with van der Waals surface area (Å²) in [5, 5.41) is 18.6. The summed E-state index contributed by atoms with van der Waals surface area (Å²) >= 11 is 2.75. The smallest absolute Gasteiger partial charge is 0.236 e. The second-order valence-corrected chi connectivity index (χ2v) is 6.65. The van der Waals surface area contributed by atoms with Gasteiger partial charge in [-0.15, -0.1) is 21.5 Å². The zero-order valence-electron chi connectivity index (χ0n) is 13.3. The lowest BCUT2D eigenvalue weighted by atomic mass is 10.3. The van der Waals surface area contributed by atoms with Gasteiger partial charge in [0, 0.05) is 30.9 Å². The predicted octanol–water partition coefficient (Wildman–Crippen LogP) is 2.37. The molecular formula is C14H17N7OS2. The molecule has 0 spiro atoms. The molecule has 10 heteroatoms. The van der Waals surface area contributed by atoms with E-state index in [0.717, 1.165) is 24.5 Å². The van der Waals surface area contributed by atoms with Gasteiger partial charge in [0.15, 0.2) is 16.1 Å². The van der Waals surface area contributed by atoms with Gasteiger partial charge in [-0.1, -0.05) is 11.8 Å². The Morgan fingerprint density at radius 2 is 2.21 bits per heavy atom. The van der Waals surface area contributed by atoms with E-state index in [4.69, 9.17) is 0 Å². The number of nitrogens with zero attached hydrogens (tertiary/aromatic N) is 6. The van der Waals surface area contributed by atoms with Crippen molar-refractivity contribution in [2.45, 2.75) is 32.1 Å². The molecule has 0 saturated heterocycles. The molecule has 0 fully saturated rings. The average molecular weight is 363 g/mol. The van der Waals surface area contributed by atoms with Gasteiger partial charge in [0.05, 0.1) is 17.5 Å². The van der Waals surface area contributed by atoms with E-state index < -0.39 is 0 Å². The molecule has 3 aromatic heterocycles. The molecule has 0 saturated carbocycles. The monoisotopic (exact) mass is 363 g/mol. The molecule has 0 aliphatic carbocycles. The molecule has 3 aromatic rings. The Labute approximate surface area is 147 Å². The Kier molecular flexibility index (Phi) is 5.26. The maximum absolute atomic E-state index is 12.0. The number of thioether (sulfide) groups is 1. The number of rotatable bonds is 7. The minimum absolute atomic E-state index is 0.110. The molecule has 3 heterocycles. The van der Waals surface area contributed by atoms with Gasteiger partial charge in [-0.2, -0.15) is 5.10 Å². The van der Waals surface area contributed by atoms with Gasteiger partial charge >= 0.3 is 0 Å². The van der Waals surface area contributed by atoms with Gasteiger partial charge in [0.1, 0.15) is 0 Å². The molecule has 0 radical (unpaired) electrons. The van der Waals surface area contributed by atoms with Crippen LogP contribution in [0.3, 0.4) is 0 Å². The minimum Gasteiger partial charge on any atom is -0.302 e. The van der Waals surface area contributed by atoms with E-state index in [1.807, 2.05) is 34.7 Å². The first kappa shape index (κ1) is 16.7. The first-order chi connectivity index (χ1) is 11.7. The number of hydrogen-bond acceptors (Lipinski definition) is 7. The van der Waals surface area contributed by atoms with Crippen LogP contribution in [0.1, 0.15) is 13.8 Å². The Morgan fingerprint density at radius 3 is 2.88 bits per heavy atom. The average Bonchev–Trinajstić information content (AvgIpc) is 3.32. The molecule has 126 valence electrons. The van der Waals surface area contributed by atoms with Crippen LogP contribution < -0.4 is 5.32 Å². The van der Waals surface area contributed by atoms with Crippen LogP contribution >= 0.6 is 23.1 Å². The van der Waals surface area contributed by atoms with Crippen molar-refractivity contribution in [3.63, 3.8) is 0 Å². The molecule has 1 amide bonds. The summed E-state index contributed by atoms with van der Waals surface area (Å²) < 4.78 is 3.83. The Balaban J connectivity index is 1.69. The van der Waals surface area contributed by atoms with Crippen LogP contribution in [0.5, 0.6) is 0 Å². The number of amides is 1. The third-order valence-corrected chi connectivity index (χ3v) is 4.91. The number of anilines is 1. The van der Waals surface area contributed by atoms with E-state index in [9.17, 15) is 4.79 Å². The fourth-order valence-corrected chi connectivity index (χ4v) is 3.46. The lowest BCUT2D eigenvalue weighted by molar-refractivity contribution is -0.113. The molecule has 0 atom stereocenters. The fourth-order valence-electron chi connectivity index (χ4n) is 2.12. The number of aromatic nitrogens is 6. The second-order valence-electron chi connectivity index (χ2n) is 4.81. The summed E-state index contributed by atoms with van der Waals surface area (Å²) in [6, 6.07) is 0. The number of hydrogen-bond donors (Lipinski definition) is 1. The summed E-state index contributed by atoms with van der Waals surface area (Å²) in [6.07, 6.45) is 5.38. The number of nitrogens with one attached hydrogen (secondary N) is 1. The summed E-state index contributed by atoms with van der Waals surface area (Å²) in [7, 11) is 0. The highest BCUT2D eigenvalue weighted by atomic mass is 32.2. The summed E-state index contributed by atoms with van der Waals surface area (Å²) in [6.45, 7) is 5.58.